The molecule has 1 N–H and O–H groups in total. The largest absolute Gasteiger partial charge is 0.382 e. The Morgan fingerprint density at radius 1 is 1.55 bits per heavy atom. The first kappa shape index (κ1) is 17.0. The fourth-order valence-corrected chi connectivity index (χ4v) is 2.52. The topological polar surface area (TPSA) is 41.8 Å². The van der Waals surface area contributed by atoms with E-state index < -0.39 is 0 Å². The zero-order valence-electron chi connectivity index (χ0n) is 12.8. The van der Waals surface area contributed by atoms with Crippen molar-refractivity contribution in [1.29, 1.82) is 0 Å². The van der Waals surface area contributed by atoms with Crippen molar-refractivity contribution in [2.45, 2.75) is 19.9 Å². The summed E-state index contributed by atoms with van der Waals surface area (Å²) in [5.74, 6) is 0.902. The van der Waals surface area contributed by atoms with E-state index in [0.29, 0.717) is 0 Å². The molecule has 5 nitrogen and oxygen atoms in total. The minimum atomic E-state index is 0.775. The fraction of sp³-hybridized carbons (Fsp3) is 0.643. The van der Waals surface area contributed by atoms with Crippen molar-refractivity contribution in [1.82, 2.24) is 14.8 Å². The van der Waals surface area contributed by atoms with Crippen LogP contribution in [0, 0.1) is 0 Å². The number of aliphatic imine (C=N–C) groups is 1. The molecule has 0 aliphatic heterocycles. The van der Waals surface area contributed by atoms with Crippen molar-refractivity contribution >= 4 is 21.9 Å². The number of hydrogen-bond acceptors (Lipinski definition) is 2. The van der Waals surface area contributed by atoms with Gasteiger partial charge in [0.1, 0.15) is 0 Å². The summed E-state index contributed by atoms with van der Waals surface area (Å²) in [5.41, 5.74) is 1.23. The fourth-order valence-electron chi connectivity index (χ4n) is 1.94. The number of guanidine groups is 1. The minimum Gasteiger partial charge on any atom is -0.382 e. The Kier molecular flexibility index (Phi) is 7.69. The highest BCUT2D eigenvalue weighted by atomic mass is 79.9. The van der Waals surface area contributed by atoms with Gasteiger partial charge in [0.25, 0.3) is 0 Å². The zero-order chi connectivity index (χ0) is 15.0. The van der Waals surface area contributed by atoms with Crippen molar-refractivity contribution in [3.63, 3.8) is 0 Å². The number of halogens is 1. The third-order valence-electron chi connectivity index (χ3n) is 3.00. The van der Waals surface area contributed by atoms with E-state index in [0.717, 1.165) is 43.2 Å². The third-order valence-corrected chi connectivity index (χ3v) is 3.43. The van der Waals surface area contributed by atoms with E-state index in [9.17, 15) is 0 Å². The van der Waals surface area contributed by atoms with Crippen LogP contribution in [0.15, 0.2) is 21.7 Å². The number of aromatic nitrogens is 1. The lowest BCUT2D eigenvalue weighted by molar-refractivity contribution is 0.145. The molecule has 114 valence electrons. The van der Waals surface area contributed by atoms with Crippen LogP contribution >= 0.6 is 15.9 Å². The van der Waals surface area contributed by atoms with Crippen LogP contribution in [0.25, 0.3) is 0 Å². The standard InChI is InChI=1S/C14H25BrN4O/c1-5-20-8-6-7-17-14(16-2)19(4)11-13-9-12(15)10-18(13)3/h9-10H,5-8,11H2,1-4H3,(H,16,17). The lowest BCUT2D eigenvalue weighted by Gasteiger charge is -2.22. The molecule has 0 saturated heterocycles. The van der Waals surface area contributed by atoms with Gasteiger partial charge in [0.15, 0.2) is 5.96 Å². The number of hydrogen-bond donors (Lipinski definition) is 1. The van der Waals surface area contributed by atoms with Crippen molar-refractivity contribution in [3.8, 4) is 0 Å². The molecule has 0 aliphatic rings. The highest BCUT2D eigenvalue weighted by Crippen LogP contribution is 2.14. The second kappa shape index (κ2) is 9.02. The predicted octanol–water partition coefficient (Wildman–Crippen LogP) is 2.22. The second-order valence-corrected chi connectivity index (χ2v) is 5.56. The van der Waals surface area contributed by atoms with Gasteiger partial charge in [0.05, 0.1) is 6.54 Å². The molecular weight excluding hydrogens is 320 g/mol. The summed E-state index contributed by atoms with van der Waals surface area (Å²) in [4.78, 5) is 6.42. The highest BCUT2D eigenvalue weighted by Gasteiger charge is 2.09. The Balaban J connectivity index is 2.43. The zero-order valence-corrected chi connectivity index (χ0v) is 14.4. The number of aryl methyl sites for hydroxylation is 1. The Bertz CT molecular complexity index is 431. The van der Waals surface area contributed by atoms with Gasteiger partial charge in [-0.15, -0.1) is 0 Å². The smallest absolute Gasteiger partial charge is 0.193 e. The van der Waals surface area contributed by atoms with E-state index in [1.165, 1.54) is 5.69 Å². The van der Waals surface area contributed by atoms with Crippen LogP contribution in [-0.4, -0.2) is 49.3 Å². The van der Waals surface area contributed by atoms with Gasteiger partial charge < -0.3 is 19.5 Å². The van der Waals surface area contributed by atoms with E-state index in [1.807, 2.05) is 28.1 Å². The molecule has 0 atom stereocenters. The average molecular weight is 345 g/mol. The summed E-state index contributed by atoms with van der Waals surface area (Å²) in [5, 5.41) is 3.35. The number of ether oxygens (including phenoxy) is 1. The van der Waals surface area contributed by atoms with Crippen molar-refractivity contribution in [2.75, 3.05) is 33.9 Å². The van der Waals surface area contributed by atoms with Gasteiger partial charge in [-0.3, -0.25) is 4.99 Å². The second-order valence-electron chi connectivity index (χ2n) is 4.64. The van der Waals surface area contributed by atoms with Crippen LogP contribution in [0.3, 0.4) is 0 Å². The van der Waals surface area contributed by atoms with Gasteiger partial charge in [0.2, 0.25) is 0 Å². The predicted molar refractivity (Wildman–Crippen MR) is 87.1 cm³/mol. The summed E-state index contributed by atoms with van der Waals surface area (Å²) in [7, 11) is 5.90. The van der Waals surface area contributed by atoms with Crippen LogP contribution in [0.2, 0.25) is 0 Å². The van der Waals surface area contributed by atoms with Crippen molar-refractivity contribution in [2.24, 2.45) is 12.0 Å². The van der Waals surface area contributed by atoms with Gasteiger partial charge in [-0.05, 0) is 35.3 Å². The van der Waals surface area contributed by atoms with E-state index in [-0.39, 0.29) is 0 Å². The van der Waals surface area contributed by atoms with Crippen LogP contribution < -0.4 is 5.32 Å². The van der Waals surface area contributed by atoms with E-state index in [1.54, 1.807) is 0 Å². The number of rotatable bonds is 7. The Morgan fingerprint density at radius 3 is 2.85 bits per heavy atom. The lowest BCUT2D eigenvalue weighted by Crippen LogP contribution is -2.39. The van der Waals surface area contributed by atoms with Gasteiger partial charge in [-0.25, -0.2) is 0 Å². The summed E-state index contributed by atoms with van der Waals surface area (Å²) in [6.07, 6.45) is 3.04. The summed E-state index contributed by atoms with van der Waals surface area (Å²) in [6.45, 7) is 5.26. The minimum absolute atomic E-state index is 0.775. The quantitative estimate of drug-likeness (QED) is 0.468. The molecule has 20 heavy (non-hydrogen) atoms. The first-order valence-corrected chi connectivity index (χ1v) is 7.68. The van der Waals surface area contributed by atoms with E-state index in [2.05, 4.69) is 48.0 Å². The maximum atomic E-state index is 5.32. The first-order chi connectivity index (χ1) is 9.58. The summed E-state index contributed by atoms with van der Waals surface area (Å²) < 4.78 is 8.54. The average Bonchev–Trinajstić information content (AvgIpc) is 2.72. The van der Waals surface area contributed by atoms with Gasteiger partial charge in [-0.1, -0.05) is 0 Å². The van der Waals surface area contributed by atoms with Gasteiger partial charge in [-0.2, -0.15) is 0 Å². The molecule has 0 spiro atoms. The van der Waals surface area contributed by atoms with Gasteiger partial charge >= 0.3 is 0 Å². The Hall–Kier alpha value is -1.01. The van der Waals surface area contributed by atoms with Crippen molar-refractivity contribution in [3.05, 3.63) is 22.4 Å². The molecule has 6 heteroatoms. The molecule has 0 aromatic carbocycles. The molecule has 0 aliphatic carbocycles. The molecular formula is C14H25BrN4O. The molecule has 0 radical (unpaired) electrons. The number of nitrogens with zero attached hydrogens (tertiary/aromatic N) is 3. The van der Waals surface area contributed by atoms with E-state index >= 15 is 0 Å². The normalized spacial score (nSPS) is 11.8. The third kappa shape index (κ3) is 5.54. The lowest BCUT2D eigenvalue weighted by atomic mass is 10.4. The van der Waals surface area contributed by atoms with Crippen LogP contribution in [0.1, 0.15) is 19.0 Å². The molecule has 0 bridgehead atoms. The highest BCUT2D eigenvalue weighted by molar-refractivity contribution is 9.10. The van der Waals surface area contributed by atoms with Crippen LogP contribution in [0.5, 0.6) is 0 Å². The molecule has 1 rings (SSSR count). The molecule has 0 unspecified atom stereocenters. The molecule has 0 fully saturated rings. The first-order valence-electron chi connectivity index (χ1n) is 6.88. The summed E-state index contributed by atoms with van der Waals surface area (Å²) in [6, 6.07) is 2.12. The van der Waals surface area contributed by atoms with Crippen molar-refractivity contribution < 1.29 is 4.74 Å². The Morgan fingerprint density at radius 2 is 2.30 bits per heavy atom. The Labute approximate surface area is 130 Å². The SMILES string of the molecule is CCOCCCNC(=NC)N(C)Cc1cc(Br)cn1C. The molecule has 1 heterocycles. The molecule has 0 saturated carbocycles. The number of nitrogens with one attached hydrogen (secondary N) is 1. The monoisotopic (exact) mass is 344 g/mol. The van der Waals surface area contributed by atoms with E-state index in [4.69, 9.17) is 4.74 Å². The van der Waals surface area contributed by atoms with Crippen LogP contribution in [0.4, 0.5) is 0 Å². The maximum Gasteiger partial charge on any atom is 0.193 e. The molecule has 1 aromatic rings. The molecule has 0 amide bonds. The summed E-state index contributed by atoms with van der Waals surface area (Å²) >= 11 is 3.49. The maximum absolute atomic E-state index is 5.32. The molecule has 1 aromatic heterocycles. The van der Waals surface area contributed by atoms with Crippen LogP contribution in [-0.2, 0) is 18.3 Å². The van der Waals surface area contributed by atoms with Gasteiger partial charge in [0, 0.05) is 57.3 Å².